The van der Waals surface area contributed by atoms with Gasteiger partial charge in [-0.05, 0) is 28.8 Å². The smallest absolute Gasteiger partial charge is 0.0641 e. The number of benzene rings is 2. The standard InChI is InChI=1S/C14H14N2/c1-10-6-7-13(14(16)8-9-15)12-5-3-2-4-11(10)12/h2-7,14H,8,16H2,1H3/t14-/m0/s1. The second-order valence-electron chi connectivity index (χ2n) is 3.99. The van der Waals surface area contributed by atoms with Crippen LogP contribution in [0.3, 0.4) is 0 Å². The topological polar surface area (TPSA) is 49.8 Å². The van der Waals surface area contributed by atoms with E-state index in [1.54, 1.807) is 0 Å². The summed E-state index contributed by atoms with van der Waals surface area (Å²) < 4.78 is 0. The van der Waals surface area contributed by atoms with E-state index >= 15 is 0 Å². The number of nitrogens with zero attached hydrogens (tertiary/aromatic N) is 1. The summed E-state index contributed by atoms with van der Waals surface area (Å²) in [6.45, 7) is 2.09. The first kappa shape index (κ1) is 10.7. The summed E-state index contributed by atoms with van der Waals surface area (Å²) in [5.41, 5.74) is 8.30. The van der Waals surface area contributed by atoms with E-state index in [2.05, 4.69) is 31.2 Å². The molecule has 0 spiro atoms. The van der Waals surface area contributed by atoms with E-state index in [-0.39, 0.29) is 6.04 Å². The van der Waals surface area contributed by atoms with Crippen molar-refractivity contribution in [2.45, 2.75) is 19.4 Å². The van der Waals surface area contributed by atoms with Gasteiger partial charge >= 0.3 is 0 Å². The maximum atomic E-state index is 8.69. The molecule has 2 aromatic carbocycles. The van der Waals surface area contributed by atoms with Crippen LogP contribution in [0.1, 0.15) is 23.6 Å². The Balaban J connectivity index is 2.63. The highest BCUT2D eigenvalue weighted by Gasteiger charge is 2.09. The highest BCUT2D eigenvalue weighted by Crippen LogP contribution is 2.26. The molecule has 0 radical (unpaired) electrons. The molecule has 0 aliphatic heterocycles. The average Bonchev–Trinajstić information content (AvgIpc) is 2.30. The summed E-state index contributed by atoms with van der Waals surface area (Å²) in [6, 6.07) is 14.2. The molecular formula is C14H14N2. The molecule has 2 N–H and O–H groups in total. The number of hydrogen-bond acceptors (Lipinski definition) is 2. The zero-order chi connectivity index (χ0) is 11.5. The molecule has 0 aliphatic carbocycles. The van der Waals surface area contributed by atoms with Gasteiger partial charge in [0.1, 0.15) is 0 Å². The summed E-state index contributed by atoms with van der Waals surface area (Å²) in [5, 5.41) is 11.1. The number of nitrogens with two attached hydrogens (primary N) is 1. The Morgan fingerprint density at radius 3 is 2.56 bits per heavy atom. The molecule has 0 unspecified atom stereocenters. The number of rotatable bonds is 2. The highest BCUT2D eigenvalue weighted by molar-refractivity contribution is 5.88. The molecule has 0 saturated carbocycles. The summed E-state index contributed by atoms with van der Waals surface area (Å²) in [7, 11) is 0. The minimum atomic E-state index is -0.199. The maximum Gasteiger partial charge on any atom is 0.0641 e. The largest absolute Gasteiger partial charge is 0.323 e. The van der Waals surface area contributed by atoms with Crippen molar-refractivity contribution in [3.63, 3.8) is 0 Å². The molecule has 0 saturated heterocycles. The van der Waals surface area contributed by atoms with Gasteiger partial charge in [0.2, 0.25) is 0 Å². The van der Waals surface area contributed by atoms with Crippen LogP contribution in [-0.2, 0) is 0 Å². The zero-order valence-electron chi connectivity index (χ0n) is 9.27. The number of hydrogen-bond donors (Lipinski definition) is 1. The molecule has 80 valence electrons. The van der Waals surface area contributed by atoms with Crippen LogP contribution in [0.2, 0.25) is 0 Å². The van der Waals surface area contributed by atoms with Crippen LogP contribution in [0.4, 0.5) is 0 Å². The second-order valence-corrected chi connectivity index (χ2v) is 3.99. The monoisotopic (exact) mass is 210 g/mol. The fourth-order valence-corrected chi connectivity index (χ4v) is 2.00. The van der Waals surface area contributed by atoms with E-state index in [0.717, 1.165) is 10.9 Å². The lowest BCUT2D eigenvalue weighted by molar-refractivity contribution is 0.755. The average molecular weight is 210 g/mol. The first-order chi connectivity index (χ1) is 7.74. The third-order valence-corrected chi connectivity index (χ3v) is 2.89. The van der Waals surface area contributed by atoms with Crippen molar-refractivity contribution in [3.8, 4) is 6.07 Å². The van der Waals surface area contributed by atoms with Crippen molar-refractivity contribution in [2.24, 2.45) is 5.73 Å². The Morgan fingerprint density at radius 2 is 1.88 bits per heavy atom. The number of nitriles is 1. The van der Waals surface area contributed by atoms with Crippen molar-refractivity contribution in [1.29, 1.82) is 5.26 Å². The minimum absolute atomic E-state index is 0.199. The number of fused-ring (bicyclic) bond motifs is 1. The molecule has 0 fully saturated rings. The fourth-order valence-electron chi connectivity index (χ4n) is 2.00. The maximum absolute atomic E-state index is 8.69. The van der Waals surface area contributed by atoms with Gasteiger partial charge in [-0.25, -0.2) is 0 Å². The Kier molecular flexibility index (Phi) is 2.89. The van der Waals surface area contributed by atoms with Crippen LogP contribution in [-0.4, -0.2) is 0 Å². The highest BCUT2D eigenvalue weighted by atomic mass is 14.6. The van der Waals surface area contributed by atoms with Crippen molar-refractivity contribution in [1.82, 2.24) is 0 Å². The molecule has 2 nitrogen and oxygen atoms in total. The van der Waals surface area contributed by atoms with E-state index in [1.165, 1.54) is 10.9 Å². The SMILES string of the molecule is Cc1ccc([C@@H](N)CC#N)c2ccccc12. The van der Waals surface area contributed by atoms with E-state index in [0.29, 0.717) is 6.42 Å². The van der Waals surface area contributed by atoms with Crippen LogP contribution >= 0.6 is 0 Å². The van der Waals surface area contributed by atoms with Gasteiger partial charge in [-0.1, -0.05) is 36.4 Å². The molecule has 1 atom stereocenters. The first-order valence-electron chi connectivity index (χ1n) is 5.35. The third kappa shape index (κ3) is 1.78. The predicted molar refractivity (Wildman–Crippen MR) is 65.8 cm³/mol. The van der Waals surface area contributed by atoms with Gasteiger partial charge in [0.15, 0.2) is 0 Å². The molecule has 0 aromatic heterocycles. The molecule has 2 rings (SSSR count). The fraction of sp³-hybridized carbons (Fsp3) is 0.214. The van der Waals surface area contributed by atoms with E-state index < -0.39 is 0 Å². The molecular weight excluding hydrogens is 196 g/mol. The Bertz CT molecular complexity index is 552. The van der Waals surface area contributed by atoms with Crippen molar-refractivity contribution in [2.75, 3.05) is 0 Å². The van der Waals surface area contributed by atoms with Gasteiger partial charge in [0.25, 0.3) is 0 Å². The van der Waals surface area contributed by atoms with Gasteiger partial charge in [0.05, 0.1) is 12.5 Å². The normalized spacial score (nSPS) is 12.3. The van der Waals surface area contributed by atoms with Crippen LogP contribution < -0.4 is 5.73 Å². The lowest BCUT2D eigenvalue weighted by atomic mass is 9.95. The van der Waals surface area contributed by atoms with E-state index in [1.807, 2.05) is 18.2 Å². The van der Waals surface area contributed by atoms with Crippen molar-refractivity contribution >= 4 is 10.8 Å². The number of aryl methyl sites for hydroxylation is 1. The quantitative estimate of drug-likeness (QED) is 0.828. The lowest BCUT2D eigenvalue weighted by Crippen LogP contribution is -2.09. The minimum Gasteiger partial charge on any atom is -0.323 e. The van der Waals surface area contributed by atoms with Gasteiger partial charge < -0.3 is 5.73 Å². The van der Waals surface area contributed by atoms with Crippen LogP contribution in [0.5, 0.6) is 0 Å². The Labute approximate surface area is 95.3 Å². The first-order valence-corrected chi connectivity index (χ1v) is 5.35. The Morgan fingerprint density at radius 1 is 1.19 bits per heavy atom. The second kappa shape index (κ2) is 4.34. The molecule has 2 heteroatoms. The molecule has 0 aliphatic rings. The molecule has 2 aromatic rings. The molecule has 0 bridgehead atoms. The summed E-state index contributed by atoms with van der Waals surface area (Å²) in [4.78, 5) is 0. The van der Waals surface area contributed by atoms with Crippen molar-refractivity contribution < 1.29 is 0 Å². The van der Waals surface area contributed by atoms with Crippen LogP contribution in [0, 0.1) is 18.3 Å². The van der Waals surface area contributed by atoms with Gasteiger partial charge in [-0.15, -0.1) is 0 Å². The van der Waals surface area contributed by atoms with Crippen LogP contribution in [0.25, 0.3) is 10.8 Å². The van der Waals surface area contributed by atoms with Gasteiger partial charge in [-0.2, -0.15) is 5.26 Å². The summed E-state index contributed by atoms with van der Waals surface area (Å²) in [6.07, 6.45) is 0.354. The lowest BCUT2D eigenvalue weighted by Gasteiger charge is -2.13. The van der Waals surface area contributed by atoms with Crippen molar-refractivity contribution in [3.05, 3.63) is 47.5 Å². The Hall–Kier alpha value is -1.85. The molecule has 0 amide bonds. The predicted octanol–water partition coefficient (Wildman–Crippen LogP) is 3.06. The molecule has 16 heavy (non-hydrogen) atoms. The van der Waals surface area contributed by atoms with Gasteiger partial charge in [-0.3, -0.25) is 0 Å². The summed E-state index contributed by atoms with van der Waals surface area (Å²) >= 11 is 0. The van der Waals surface area contributed by atoms with Crippen LogP contribution in [0.15, 0.2) is 36.4 Å². The van der Waals surface area contributed by atoms with Gasteiger partial charge in [0, 0.05) is 6.04 Å². The van der Waals surface area contributed by atoms with E-state index in [9.17, 15) is 0 Å². The molecule has 0 heterocycles. The summed E-state index contributed by atoms with van der Waals surface area (Å²) in [5.74, 6) is 0. The third-order valence-electron chi connectivity index (χ3n) is 2.89. The zero-order valence-corrected chi connectivity index (χ0v) is 9.27. The van der Waals surface area contributed by atoms with E-state index in [4.69, 9.17) is 11.0 Å².